The summed E-state index contributed by atoms with van der Waals surface area (Å²) < 4.78 is 9.61. The summed E-state index contributed by atoms with van der Waals surface area (Å²) in [7, 11) is 1.28. The van der Waals surface area contributed by atoms with Gasteiger partial charge in [0.2, 0.25) is 0 Å². The van der Waals surface area contributed by atoms with E-state index in [0.29, 0.717) is 44.2 Å². The monoisotopic (exact) mass is 324 g/mol. The van der Waals surface area contributed by atoms with Gasteiger partial charge < -0.3 is 14.4 Å². The van der Waals surface area contributed by atoms with Crippen molar-refractivity contribution in [2.45, 2.75) is 13.8 Å². The van der Waals surface area contributed by atoms with Gasteiger partial charge in [-0.05, 0) is 13.8 Å². The van der Waals surface area contributed by atoms with Crippen molar-refractivity contribution in [2.24, 2.45) is 10.3 Å². The second-order valence-electron chi connectivity index (χ2n) is 4.87. The van der Waals surface area contributed by atoms with E-state index in [-0.39, 0.29) is 11.8 Å². The largest absolute Gasteiger partial charge is 0.464 e. The zero-order valence-electron chi connectivity index (χ0n) is 13.4. The van der Waals surface area contributed by atoms with E-state index in [0.717, 1.165) is 0 Å². The van der Waals surface area contributed by atoms with E-state index in [1.807, 2.05) is 0 Å². The lowest BCUT2D eigenvalue weighted by Gasteiger charge is -2.31. The van der Waals surface area contributed by atoms with E-state index in [1.165, 1.54) is 7.11 Å². The van der Waals surface area contributed by atoms with Crippen LogP contribution in [0.4, 0.5) is 10.5 Å². The number of piperazine rings is 1. The number of aromatic amines is 1. The normalized spacial score (nSPS) is 15.1. The van der Waals surface area contributed by atoms with Crippen LogP contribution in [0.25, 0.3) is 0 Å². The number of nitrogens with zero attached hydrogens (tertiary/aromatic N) is 5. The van der Waals surface area contributed by atoms with Crippen LogP contribution >= 0.6 is 0 Å². The number of aryl methyl sites for hydroxylation is 1. The summed E-state index contributed by atoms with van der Waals surface area (Å²) >= 11 is 0. The minimum absolute atomic E-state index is 0.0962. The summed E-state index contributed by atoms with van der Waals surface area (Å²) in [5.74, 6) is -0.574. The minimum Gasteiger partial charge on any atom is -0.464 e. The summed E-state index contributed by atoms with van der Waals surface area (Å²) in [5.41, 5.74) is 1.07. The van der Waals surface area contributed by atoms with Crippen LogP contribution < -0.4 is 0 Å². The van der Waals surface area contributed by atoms with E-state index in [9.17, 15) is 9.59 Å². The molecule has 1 saturated heterocycles. The first-order valence-electron chi connectivity index (χ1n) is 7.28. The van der Waals surface area contributed by atoms with Crippen LogP contribution in [0.5, 0.6) is 0 Å². The lowest BCUT2D eigenvalue weighted by molar-refractivity contribution is 0.0594. The molecule has 0 bridgehead atoms. The van der Waals surface area contributed by atoms with Crippen LogP contribution in [-0.4, -0.2) is 72.1 Å². The Kier molecular flexibility index (Phi) is 5.50. The Labute approximate surface area is 133 Å². The number of nitrogens with one attached hydrogen (secondary N) is 1. The van der Waals surface area contributed by atoms with Gasteiger partial charge in [-0.25, -0.2) is 9.59 Å². The van der Waals surface area contributed by atoms with Crippen molar-refractivity contribution in [2.75, 3.05) is 39.9 Å². The quantitative estimate of drug-likeness (QED) is 0.659. The third-order valence-electron chi connectivity index (χ3n) is 3.35. The summed E-state index contributed by atoms with van der Waals surface area (Å²) in [4.78, 5) is 24.8. The highest BCUT2D eigenvalue weighted by Crippen LogP contribution is 2.22. The summed E-state index contributed by atoms with van der Waals surface area (Å²) in [6, 6.07) is 0. The number of carbonyl (C=O) groups excluding carboxylic acids is 2. The molecule has 10 heteroatoms. The highest BCUT2D eigenvalue weighted by atomic mass is 16.6. The molecule has 1 fully saturated rings. The fourth-order valence-corrected chi connectivity index (χ4v) is 2.08. The molecule has 2 rings (SSSR count). The van der Waals surface area contributed by atoms with E-state index in [1.54, 1.807) is 23.8 Å². The molecule has 1 aliphatic rings. The van der Waals surface area contributed by atoms with Gasteiger partial charge in [0.25, 0.3) is 0 Å². The second kappa shape index (κ2) is 7.56. The number of ether oxygens (including phenoxy) is 2. The van der Waals surface area contributed by atoms with Gasteiger partial charge in [0.15, 0.2) is 5.69 Å². The van der Waals surface area contributed by atoms with Gasteiger partial charge in [-0.2, -0.15) is 5.10 Å². The van der Waals surface area contributed by atoms with E-state index >= 15 is 0 Å². The predicted octanol–water partition coefficient (Wildman–Crippen LogP) is 1.28. The molecule has 126 valence electrons. The number of methoxy groups -OCH3 is 1. The molecule has 1 aromatic heterocycles. The Bertz CT molecular complexity index is 591. The summed E-state index contributed by atoms with van der Waals surface area (Å²) in [6.45, 7) is 5.95. The van der Waals surface area contributed by atoms with Crippen LogP contribution in [-0.2, 0) is 9.47 Å². The zero-order chi connectivity index (χ0) is 16.8. The van der Waals surface area contributed by atoms with Crippen molar-refractivity contribution in [1.29, 1.82) is 0 Å². The van der Waals surface area contributed by atoms with Crippen molar-refractivity contribution in [3.8, 4) is 0 Å². The maximum atomic E-state index is 11.6. The molecule has 1 amide bonds. The summed E-state index contributed by atoms with van der Waals surface area (Å²) in [6.07, 6.45) is -0.317. The van der Waals surface area contributed by atoms with Gasteiger partial charge in [0.1, 0.15) is 5.69 Å². The van der Waals surface area contributed by atoms with Gasteiger partial charge in [0, 0.05) is 13.1 Å². The Hall–Kier alpha value is -2.65. The van der Waals surface area contributed by atoms with Crippen LogP contribution in [0.1, 0.15) is 23.1 Å². The Morgan fingerprint density at radius 1 is 1.30 bits per heavy atom. The fourth-order valence-electron chi connectivity index (χ4n) is 2.08. The van der Waals surface area contributed by atoms with Gasteiger partial charge >= 0.3 is 12.1 Å². The molecule has 0 radical (unpaired) electrons. The number of H-pyrrole nitrogens is 1. The number of hydrogen-bond acceptors (Lipinski definition) is 7. The number of hydrogen-bond donors (Lipinski definition) is 1. The standard InChI is InChI=1S/C13H20N6O4/c1-4-23-13(21)18-5-7-19(8-6-18)17-16-10-9(2)14-15-11(10)12(20)22-3/h4-8H2,1-3H3,(H,14,15). The predicted molar refractivity (Wildman–Crippen MR) is 79.3 cm³/mol. The lowest BCUT2D eigenvalue weighted by Crippen LogP contribution is -2.46. The average Bonchev–Trinajstić information content (AvgIpc) is 2.93. The molecule has 0 unspecified atom stereocenters. The molecule has 23 heavy (non-hydrogen) atoms. The zero-order valence-corrected chi connectivity index (χ0v) is 13.4. The second-order valence-corrected chi connectivity index (χ2v) is 4.87. The first kappa shape index (κ1) is 16.7. The van der Waals surface area contributed by atoms with Crippen LogP contribution in [0.3, 0.4) is 0 Å². The number of aromatic nitrogens is 2. The molecule has 0 aromatic carbocycles. The number of esters is 1. The van der Waals surface area contributed by atoms with Crippen LogP contribution in [0.2, 0.25) is 0 Å². The van der Waals surface area contributed by atoms with E-state index in [2.05, 4.69) is 25.3 Å². The number of rotatable bonds is 4. The van der Waals surface area contributed by atoms with Crippen molar-refractivity contribution in [1.82, 2.24) is 20.1 Å². The summed E-state index contributed by atoms with van der Waals surface area (Å²) in [5, 5.41) is 16.5. The Morgan fingerprint density at radius 3 is 2.61 bits per heavy atom. The number of amides is 1. The maximum Gasteiger partial charge on any atom is 0.409 e. The van der Waals surface area contributed by atoms with Gasteiger partial charge in [-0.3, -0.25) is 10.1 Å². The topological polar surface area (TPSA) is 112 Å². The highest BCUT2D eigenvalue weighted by Gasteiger charge is 2.22. The SMILES string of the molecule is CCOC(=O)N1CCN(N=Nc2c(C(=O)OC)n[nH]c2C)CC1. The van der Waals surface area contributed by atoms with Gasteiger partial charge in [-0.1, -0.05) is 5.22 Å². The lowest BCUT2D eigenvalue weighted by atomic mass is 10.3. The third kappa shape index (κ3) is 3.96. The third-order valence-corrected chi connectivity index (χ3v) is 3.35. The van der Waals surface area contributed by atoms with Gasteiger partial charge in [0.05, 0.1) is 32.5 Å². The molecule has 0 spiro atoms. The molecule has 0 atom stereocenters. The van der Waals surface area contributed by atoms with Gasteiger partial charge in [-0.15, -0.1) is 5.11 Å². The minimum atomic E-state index is -0.574. The van der Waals surface area contributed by atoms with Crippen molar-refractivity contribution in [3.63, 3.8) is 0 Å². The molecular formula is C13H20N6O4. The average molecular weight is 324 g/mol. The Morgan fingerprint density at radius 2 is 2.00 bits per heavy atom. The smallest absolute Gasteiger partial charge is 0.409 e. The fraction of sp³-hybridized carbons (Fsp3) is 0.615. The molecule has 1 aromatic rings. The molecule has 1 N–H and O–H groups in total. The van der Waals surface area contributed by atoms with Crippen LogP contribution in [0.15, 0.2) is 10.3 Å². The first-order valence-corrected chi connectivity index (χ1v) is 7.28. The van der Waals surface area contributed by atoms with E-state index < -0.39 is 5.97 Å². The molecule has 1 aliphatic heterocycles. The van der Waals surface area contributed by atoms with Crippen molar-refractivity contribution >= 4 is 17.7 Å². The molecule has 0 aliphatic carbocycles. The van der Waals surface area contributed by atoms with Crippen molar-refractivity contribution in [3.05, 3.63) is 11.4 Å². The molecule has 10 nitrogen and oxygen atoms in total. The molecule has 0 saturated carbocycles. The van der Waals surface area contributed by atoms with Crippen molar-refractivity contribution < 1.29 is 19.1 Å². The molecular weight excluding hydrogens is 304 g/mol. The number of carbonyl (C=O) groups is 2. The first-order chi connectivity index (χ1) is 11.1. The van der Waals surface area contributed by atoms with Crippen LogP contribution in [0, 0.1) is 6.92 Å². The Balaban J connectivity index is 1.97. The van der Waals surface area contributed by atoms with E-state index in [4.69, 9.17) is 4.74 Å². The maximum absolute atomic E-state index is 11.6. The highest BCUT2D eigenvalue weighted by molar-refractivity contribution is 5.93. The molecule has 2 heterocycles.